The number of rotatable bonds is 1. The van der Waals surface area contributed by atoms with Crippen LogP contribution in [0.3, 0.4) is 0 Å². The van der Waals surface area contributed by atoms with Crippen molar-refractivity contribution in [3.8, 4) is 0 Å². The summed E-state index contributed by atoms with van der Waals surface area (Å²) in [5, 5.41) is 36.1. The second kappa shape index (κ2) is 10.3. The molecule has 1 saturated heterocycles. The summed E-state index contributed by atoms with van der Waals surface area (Å²) < 4.78 is 36.3. The molecule has 13 heteroatoms. The van der Waals surface area contributed by atoms with Crippen molar-refractivity contribution in [2.75, 3.05) is 6.61 Å². The average molecular weight is 320 g/mol. The Kier molecular flexibility index (Phi) is 13.3. The minimum atomic E-state index is -4.67. The number of ether oxygens (including phenoxy) is 1. The van der Waals surface area contributed by atoms with Crippen molar-refractivity contribution in [3.05, 3.63) is 0 Å². The largest absolute Gasteiger partial charge is 1.00 e. The van der Waals surface area contributed by atoms with Crippen molar-refractivity contribution in [1.29, 1.82) is 0 Å². The van der Waals surface area contributed by atoms with Crippen LogP contribution in [0.2, 0.25) is 0 Å². The van der Waals surface area contributed by atoms with Crippen LogP contribution in [-0.2, 0) is 15.1 Å². The maximum absolute atomic E-state index is 9.20. The van der Waals surface area contributed by atoms with E-state index in [4.69, 9.17) is 38.2 Å². The molecule has 1 rings (SSSR count). The quantitative estimate of drug-likeness (QED) is 0.180. The van der Waals surface area contributed by atoms with E-state index in [2.05, 4.69) is 0 Å². The van der Waals surface area contributed by atoms with Gasteiger partial charge in [0.25, 0.3) is 0 Å². The standard InChI is InChI=1S/C6H13NO5.ClH.Li.H2O4S/c7-3-5(10)4(9)2(1-8)12-6(3)11;;;1-5(2,3)4/h2-6,8-11H,1,7H2;1H;;(H2,1,2,3,4)/q;;+1;/p-1/t2-,3-,4-,5-,6-;;;/m1.../s1. The Labute approximate surface area is 127 Å². The molecule has 10 nitrogen and oxygen atoms in total. The molecule has 0 aromatic carbocycles. The molecule has 0 unspecified atom stereocenters. The molecule has 1 fully saturated rings. The summed E-state index contributed by atoms with van der Waals surface area (Å²) in [6.45, 7) is -0.470. The van der Waals surface area contributed by atoms with Crippen LogP contribution in [0, 0.1) is 0 Å². The van der Waals surface area contributed by atoms with Crippen LogP contribution in [0.4, 0.5) is 0 Å². The first kappa shape index (κ1) is 24.5. The van der Waals surface area contributed by atoms with Crippen LogP contribution >= 0.6 is 0 Å². The Morgan fingerprint density at radius 3 is 1.79 bits per heavy atom. The van der Waals surface area contributed by atoms with E-state index in [9.17, 15) is 10.2 Å². The zero-order valence-electron chi connectivity index (χ0n) is 9.87. The van der Waals surface area contributed by atoms with Gasteiger partial charge in [-0.05, 0) is 0 Å². The maximum Gasteiger partial charge on any atom is 1.00 e. The Bertz CT molecular complexity index is 318. The van der Waals surface area contributed by atoms with Crippen molar-refractivity contribution in [2.45, 2.75) is 30.6 Å². The molecule has 0 spiro atoms. The number of aliphatic hydroxyl groups excluding tert-OH is 4. The normalized spacial score (nSPS) is 34.2. The van der Waals surface area contributed by atoms with Crippen LogP contribution in [0.25, 0.3) is 0 Å². The summed E-state index contributed by atoms with van der Waals surface area (Å²) in [7, 11) is -4.67. The molecular formula is C6H15ClLiNO9S. The van der Waals surface area contributed by atoms with Crippen LogP contribution in [0.5, 0.6) is 0 Å². The summed E-state index contributed by atoms with van der Waals surface area (Å²) in [5.41, 5.74) is 5.26. The van der Waals surface area contributed by atoms with E-state index in [0.29, 0.717) is 0 Å². The van der Waals surface area contributed by atoms with Crippen molar-refractivity contribution in [3.63, 3.8) is 0 Å². The van der Waals surface area contributed by atoms with Gasteiger partial charge in [0.2, 0.25) is 0 Å². The van der Waals surface area contributed by atoms with Gasteiger partial charge in [-0.15, -0.1) is 0 Å². The molecule has 112 valence electrons. The van der Waals surface area contributed by atoms with E-state index in [1.807, 2.05) is 0 Å². The molecule has 5 atom stereocenters. The van der Waals surface area contributed by atoms with Crippen molar-refractivity contribution >= 4 is 10.4 Å². The Balaban J connectivity index is -0.000000320. The van der Waals surface area contributed by atoms with Gasteiger partial charge in [-0.2, -0.15) is 8.42 Å². The molecule has 8 N–H and O–H groups in total. The molecule has 0 bridgehead atoms. The van der Waals surface area contributed by atoms with Gasteiger partial charge in [-0.25, -0.2) is 0 Å². The molecule has 1 aliphatic rings. The second-order valence-corrected chi connectivity index (χ2v) is 4.15. The van der Waals surface area contributed by atoms with E-state index < -0.39 is 47.6 Å². The van der Waals surface area contributed by atoms with E-state index in [1.54, 1.807) is 0 Å². The fourth-order valence-electron chi connectivity index (χ4n) is 1.12. The predicted octanol–water partition coefficient (Wildman–Crippen LogP) is -9.90. The maximum atomic E-state index is 9.20. The van der Waals surface area contributed by atoms with E-state index in [-0.39, 0.29) is 31.3 Å². The summed E-state index contributed by atoms with van der Waals surface area (Å²) in [4.78, 5) is 0. The molecule has 0 radical (unpaired) electrons. The van der Waals surface area contributed by atoms with E-state index in [0.717, 1.165) is 0 Å². The first-order chi connectivity index (χ1) is 7.57. The van der Waals surface area contributed by atoms with Gasteiger partial charge in [-0.1, -0.05) is 0 Å². The average Bonchev–Trinajstić information content (AvgIpc) is 2.18. The molecular weight excluding hydrogens is 305 g/mol. The first-order valence-electron chi connectivity index (χ1n) is 4.34. The Morgan fingerprint density at radius 2 is 1.47 bits per heavy atom. The SMILES string of the molecule is N[C@@H]1[C@@H](O)[C@H](O)[C@@H](CO)O[C@H]1O.O=S(=O)(O)O.[Cl-].[Li+]. The van der Waals surface area contributed by atoms with Crippen LogP contribution in [0.15, 0.2) is 0 Å². The number of nitrogens with two attached hydrogens (primary N) is 1. The van der Waals surface area contributed by atoms with Gasteiger partial charge in [0.15, 0.2) is 6.29 Å². The number of aliphatic hydroxyl groups is 4. The third-order valence-corrected chi connectivity index (χ3v) is 1.95. The molecule has 0 amide bonds. The molecule has 19 heavy (non-hydrogen) atoms. The Hall–Kier alpha value is 0.517. The monoisotopic (exact) mass is 319 g/mol. The van der Waals surface area contributed by atoms with Crippen LogP contribution in [-0.4, -0.2) is 75.2 Å². The fourth-order valence-corrected chi connectivity index (χ4v) is 1.12. The molecule has 0 aromatic heterocycles. The zero-order chi connectivity index (χ0) is 13.8. The first-order valence-corrected chi connectivity index (χ1v) is 5.73. The molecule has 0 saturated carbocycles. The molecule has 0 aliphatic carbocycles. The molecule has 1 aliphatic heterocycles. The van der Waals surface area contributed by atoms with Gasteiger partial charge in [-0.3, -0.25) is 9.11 Å². The van der Waals surface area contributed by atoms with Crippen LogP contribution in [0.1, 0.15) is 0 Å². The van der Waals surface area contributed by atoms with E-state index >= 15 is 0 Å². The molecule has 1 heterocycles. The van der Waals surface area contributed by atoms with Crippen molar-refractivity contribution in [2.24, 2.45) is 5.73 Å². The van der Waals surface area contributed by atoms with Crippen molar-refractivity contribution in [1.82, 2.24) is 0 Å². The molecule has 0 aromatic rings. The van der Waals surface area contributed by atoms with E-state index in [1.165, 1.54) is 0 Å². The Morgan fingerprint density at radius 1 is 1.11 bits per heavy atom. The minimum Gasteiger partial charge on any atom is -1.00 e. The van der Waals surface area contributed by atoms with Gasteiger partial charge in [0.1, 0.15) is 18.3 Å². The second-order valence-electron chi connectivity index (χ2n) is 3.25. The van der Waals surface area contributed by atoms with Gasteiger partial charge < -0.3 is 43.3 Å². The van der Waals surface area contributed by atoms with Crippen molar-refractivity contribution < 1.29 is 74.0 Å². The van der Waals surface area contributed by atoms with Gasteiger partial charge in [0.05, 0.1) is 12.6 Å². The topological polar surface area (TPSA) is 191 Å². The number of hydrogen-bond donors (Lipinski definition) is 7. The van der Waals surface area contributed by atoms with Crippen LogP contribution < -0.4 is 37.0 Å². The summed E-state index contributed by atoms with van der Waals surface area (Å²) in [5.74, 6) is 0. The number of hydrogen-bond acceptors (Lipinski definition) is 8. The fraction of sp³-hybridized carbons (Fsp3) is 1.00. The number of halogens is 1. The minimum absolute atomic E-state index is 0. The summed E-state index contributed by atoms with van der Waals surface area (Å²) >= 11 is 0. The summed E-state index contributed by atoms with van der Waals surface area (Å²) in [6, 6.07) is -1.04. The smallest absolute Gasteiger partial charge is 1.00 e. The third kappa shape index (κ3) is 9.96. The summed E-state index contributed by atoms with van der Waals surface area (Å²) in [6.07, 6.45) is -4.85. The zero-order valence-corrected chi connectivity index (χ0v) is 11.4. The third-order valence-electron chi connectivity index (χ3n) is 1.95. The van der Waals surface area contributed by atoms with Gasteiger partial charge >= 0.3 is 29.3 Å². The predicted molar refractivity (Wildman–Crippen MR) is 52.1 cm³/mol. The van der Waals surface area contributed by atoms with Gasteiger partial charge in [0, 0.05) is 0 Å².